The molecule has 26 heavy (non-hydrogen) atoms. The van der Waals surface area contributed by atoms with Gasteiger partial charge >= 0.3 is 0 Å². The molecule has 2 aromatic carbocycles. The summed E-state index contributed by atoms with van der Waals surface area (Å²) in [5, 5.41) is 0. The van der Waals surface area contributed by atoms with Gasteiger partial charge in [-0.05, 0) is 55.6 Å². The predicted molar refractivity (Wildman–Crippen MR) is 105 cm³/mol. The second-order valence-electron chi connectivity index (χ2n) is 7.91. The van der Waals surface area contributed by atoms with Crippen LogP contribution in [0.15, 0.2) is 36.4 Å². The molecule has 0 N–H and O–H groups in total. The Hall–Kier alpha value is -1.70. The summed E-state index contributed by atoms with van der Waals surface area (Å²) in [6, 6.07) is 11.1. The summed E-state index contributed by atoms with van der Waals surface area (Å²) >= 11 is 0. The van der Waals surface area contributed by atoms with Gasteiger partial charge in [0.25, 0.3) is 0 Å². The maximum absolute atomic E-state index is 14.8. The summed E-state index contributed by atoms with van der Waals surface area (Å²) in [5.74, 6) is -0.398. The van der Waals surface area contributed by atoms with E-state index in [2.05, 4.69) is 6.92 Å². The molecule has 0 radical (unpaired) electrons. The van der Waals surface area contributed by atoms with Crippen LogP contribution >= 0.6 is 0 Å². The Morgan fingerprint density at radius 2 is 1.54 bits per heavy atom. The van der Waals surface area contributed by atoms with Gasteiger partial charge in [-0.2, -0.15) is 0 Å². The summed E-state index contributed by atoms with van der Waals surface area (Å²) < 4.78 is 29.5. The van der Waals surface area contributed by atoms with Crippen molar-refractivity contribution in [3.8, 4) is 11.1 Å². The van der Waals surface area contributed by atoms with Crippen LogP contribution in [-0.2, 0) is 0 Å². The molecule has 0 aliphatic heterocycles. The van der Waals surface area contributed by atoms with Gasteiger partial charge in [0.2, 0.25) is 0 Å². The van der Waals surface area contributed by atoms with Gasteiger partial charge in [0, 0.05) is 5.56 Å². The second kappa shape index (κ2) is 8.79. The fraction of sp³-hybridized carbons (Fsp3) is 0.500. The lowest BCUT2D eigenvalue weighted by Crippen LogP contribution is -2.15. The van der Waals surface area contributed by atoms with E-state index in [1.807, 2.05) is 37.3 Å². The van der Waals surface area contributed by atoms with Gasteiger partial charge in [-0.25, -0.2) is 8.78 Å². The summed E-state index contributed by atoms with van der Waals surface area (Å²) in [6.45, 7) is 4.22. The Morgan fingerprint density at radius 3 is 2.19 bits per heavy atom. The van der Waals surface area contributed by atoms with Crippen molar-refractivity contribution in [3.05, 3.63) is 59.2 Å². The number of rotatable bonds is 6. The van der Waals surface area contributed by atoms with E-state index in [0.717, 1.165) is 42.7 Å². The van der Waals surface area contributed by atoms with Crippen molar-refractivity contribution in [2.75, 3.05) is 0 Å². The van der Waals surface area contributed by atoms with E-state index < -0.39 is 11.6 Å². The summed E-state index contributed by atoms with van der Waals surface area (Å²) in [7, 11) is 0. The maximum atomic E-state index is 14.8. The molecule has 0 amide bonds. The first-order valence-corrected chi connectivity index (χ1v) is 10.1. The highest BCUT2D eigenvalue weighted by Crippen LogP contribution is 2.40. The summed E-state index contributed by atoms with van der Waals surface area (Å²) in [6.07, 6.45) is 9.43. The first-order chi connectivity index (χ1) is 12.6. The van der Waals surface area contributed by atoms with Crippen LogP contribution in [0.1, 0.15) is 75.3 Å². The highest BCUT2D eigenvalue weighted by Gasteiger charge is 2.26. The summed E-state index contributed by atoms with van der Waals surface area (Å²) in [5.41, 5.74) is 2.78. The lowest BCUT2D eigenvalue weighted by atomic mass is 9.76. The SMILES string of the molecule is CCCCCC1CCC(c2ccc(-c3ccc(C)cc3)c(F)c2F)CC1. The zero-order valence-electron chi connectivity index (χ0n) is 16.0. The smallest absolute Gasteiger partial charge is 0.166 e. The monoisotopic (exact) mass is 356 g/mol. The second-order valence-corrected chi connectivity index (χ2v) is 7.91. The third kappa shape index (κ3) is 4.34. The Bertz CT molecular complexity index is 710. The number of hydrogen-bond donors (Lipinski definition) is 0. The van der Waals surface area contributed by atoms with Gasteiger partial charge in [-0.1, -0.05) is 74.6 Å². The molecule has 2 aromatic rings. The molecular weight excluding hydrogens is 326 g/mol. The molecule has 0 atom stereocenters. The molecule has 0 aromatic heterocycles. The third-order valence-electron chi connectivity index (χ3n) is 5.98. The van der Waals surface area contributed by atoms with Crippen molar-refractivity contribution in [3.63, 3.8) is 0 Å². The molecular formula is C24H30F2. The standard InChI is InChI=1S/C24H30F2/c1-3-4-5-6-18-9-13-20(14-10-18)22-16-15-21(23(25)24(22)26)19-11-7-17(2)8-12-19/h7-8,11-12,15-16,18,20H,3-6,9-10,13-14H2,1-2H3. The van der Waals surface area contributed by atoms with E-state index in [1.165, 1.54) is 25.7 Å². The molecule has 1 saturated carbocycles. The van der Waals surface area contributed by atoms with Gasteiger partial charge in [0.05, 0.1) is 0 Å². The molecule has 1 aliphatic rings. The zero-order chi connectivity index (χ0) is 18.5. The molecule has 0 saturated heterocycles. The zero-order valence-corrected chi connectivity index (χ0v) is 16.0. The Morgan fingerprint density at radius 1 is 0.846 bits per heavy atom. The summed E-state index contributed by atoms with van der Waals surface area (Å²) in [4.78, 5) is 0. The van der Waals surface area contributed by atoms with Crippen molar-refractivity contribution >= 4 is 0 Å². The average molecular weight is 357 g/mol. The van der Waals surface area contributed by atoms with Gasteiger partial charge in [0.15, 0.2) is 11.6 Å². The van der Waals surface area contributed by atoms with E-state index in [9.17, 15) is 8.78 Å². The predicted octanol–water partition coefficient (Wildman–Crippen LogP) is 7.79. The molecule has 0 heterocycles. The van der Waals surface area contributed by atoms with Crippen LogP contribution in [0.5, 0.6) is 0 Å². The Labute approximate surface area is 156 Å². The molecule has 1 aliphatic carbocycles. The maximum Gasteiger partial charge on any atom is 0.166 e. The number of unbranched alkanes of at least 4 members (excludes halogenated alkanes) is 2. The van der Waals surface area contributed by atoms with Gasteiger partial charge < -0.3 is 0 Å². The van der Waals surface area contributed by atoms with Crippen molar-refractivity contribution in [2.24, 2.45) is 5.92 Å². The van der Waals surface area contributed by atoms with E-state index in [0.29, 0.717) is 11.1 Å². The van der Waals surface area contributed by atoms with Crippen molar-refractivity contribution < 1.29 is 8.78 Å². The van der Waals surface area contributed by atoms with Crippen molar-refractivity contribution in [1.29, 1.82) is 0 Å². The van der Waals surface area contributed by atoms with E-state index in [-0.39, 0.29) is 5.92 Å². The van der Waals surface area contributed by atoms with E-state index >= 15 is 0 Å². The van der Waals surface area contributed by atoms with Crippen LogP contribution in [0.2, 0.25) is 0 Å². The minimum atomic E-state index is -0.698. The first-order valence-electron chi connectivity index (χ1n) is 10.1. The van der Waals surface area contributed by atoms with Crippen molar-refractivity contribution in [2.45, 2.75) is 71.1 Å². The molecule has 2 heteroatoms. The Kier molecular flexibility index (Phi) is 6.45. The molecule has 1 fully saturated rings. The average Bonchev–Trinajstić information content (AvgIpc) is 2.66. The molecule has 140 valence electrons. The van der Waals surface area contributed by atoms with Crippen molar-refractivity contribution in [1.82, 2.24) is 0 Å². The van der Waals surface area contributed by atoms with Crippen LogP contribution in [0.4, 0.5) is 8.78 Å². The molecule has 3 rings (SSSR count). The number of hydrogen-bond acceptors (Lipinski definition) is 0. The van der Waals surface area contributed by atoms with Gasteiger partial charge in [0.1, 0.15) is 0 Å². The molecule has 0 spiro atoms. The van der Waals surface area contributed by atoms with Gasteiger partial charge in [-0.3, -0.25) is 0 Å². The lowest BCUT2D eigenvalue weighted by Gasteiger charge is -2.29. The lowest BCUT2D eigenvalue weighted by molar-refractivity contribution is 0.298. The fourth-order valence-corrected chi connectivity index (χ4v) is 4.28. The topological polar surface area (TPSA) is 0 Å². The Balaban J connectivity index is 1.70. The quantitative estimate of drug-likeness (QED) is 0.463. The normalized spacial score (nSPS) is 20.3. The first kappa shape index (κ1) is 19.1. The fourth-order valence-electron chi connectivity index (χ4n) is 4.28. The van der Waals surface area contributed by atoms with Crippen LogP contribution in [0.25, 0.3) is 11.1 Å². The number of aryl methyl sites for hydroxylation is 1. The number of benzene rings is 2. The van der Waals surface area contributed by atoms with E-state index in [4.69, 9.17) is 0 Å². The largest absolute Gasteiger partial charge is 0.203 e. The number of halogens is 2. The minimum Gasteiger partial charge on any atom is -0.203 e. The van der Waals surface area contributed by atoms with Gasteiger partial charge in [-0.15, -0.1) is 0 Å². The molecule has 0 nitrogen and oxygen atoms in total. The van der Waals surface area contributed by atoms with Crippen LogP contribution in [0, 0.1) is 24.5 Å². The third-order valence-corrected chi connectivity index (χ3v) is 5.98. The van der Waals surface area contributed by atoms with Crippen LogP contribution in [0.3, 0.4) is 0 Å². The van der Waals surface area contributed by atoms with Crippen LogP contribution in [-0.4, -0.2) is 0 Å². The minimum absolute atomic E-state index is 0.166. The highest BCUT2D eigenvalue weighted by atomic mass is 19.2. The van der Waals surface area contributed by atoms with E-state index in [1.54, 1.807) is 6.07 Å². The van der Waals surface area contributed by atoms with Crippen LogP contribution < -0.4 is 0 Å². The molecule has 0 bridgehead atoms. The highest BCUT2D eigenvalue weighted by molar-refractivity contribution is 5.65. The molecule has 0 unspecified atom stereocenters.